The van der Waals surface area contributed by atoms with E-state index in [1.54, 1.807) is 0 Å². The number of pyridine rings is 1. The zero-order valence-electron chi connectivity index (χ0n) is 11.0. The summed E-state index contributed by atoms with van der Waals surface area (Å²) in [7, 11) is 4.15. The minimum atomic E-state index is 0.533. The molecule has 0 amide bonds. The van der Waals surface area contributed by atoms with Crippen LogP contribution in [0.25, 0.3) is 0 Å². The Morgan fingerprint density at radius 1 is 1.47 bits per heavy atom. The zero-order chi connectivity index (χ0) is 12.3. The lowest BCUT2D eigenvalue weighted by molar-refractivity contribution is 0.274. The highest BCUT2D eigenvalue weighted by Gasteiger charge is 2.22. The fraction of sp³-hybridized carbons (Fsp3) is 0.615. The average Bonchev–Trinajstić information content (AvgIpc) is 2.29. The third-order valence-electron chi connectivity index (χ3n) is 3.32. The van der Waals surface area contributed by atoms with Crippen LogP contribution in [-0.4, -0.2) is 49.7 Å². The SMILES string of the molecule is CNCc1ccnc(N2CCN(C)CC2C)c1. The lowest BCUT2D eigenvalue weighted by Crippen LogP contribution is -2.50. The van der Waals surface area contributed by atoms with Crippen LogP contribution in [0.2, 0.25) is 0 Å². The van der Waals surface area contributed by atoms with E-state index >= 15 is 0 Å². The van der Waals surface area contributed by atoms with Crippen LogP contribution >= 0.6 is 0 Å². The molecule has 0 bridgehead atoms. The first-order valence-corrected chi connectivity index (χ1v) is 6.25. The van der Waals surface area contributed by atoms with Crippen molar-refractivity contribution in [3.05, 3.63) is 23.9 Å². The van der Waals surface area contributed by atoms with Gasteiger partial charge in [-0.1, -0.05) is 0 Å². The molecule has 2 rings (SSSR count). The van der Waals surface area contributed by atoms with Gasteiger partial charge < -0.3 is 15.1 Å². The minimum absolute atomic E-state index is 0.533. The number of anilines is 1. The molecule has 1 unspecified atom stereocenters. The van der Waals surface area contributed by atoms with Crippen LogP contribution in [0.1, 0.15) is 12.5 Å². The van der Waals surface area contributed by atoms with Gasteiger partial charge in [0.05, 0.1) is 0 Å². The monoisotopic (exact) mass is 234 g/mol. The second-order valence-electron chi connectivity index (χ2n) is 4.86. The molecule has 1 fully saturated rings. The van der Waals surface area contributed by atoms with Crippen LogP contribution in [0, 0.1) is 0 Å². The molecule has 1 aromatic heterocycles. The Morgan fingerprint density at radius 3 is 3.00 bits per heavy atom. The summed E-state index contributed by atoms with van der Waals surface area (Å²) in [5.74, 6) is 1.11. The quantitative estimate of drug-likeness (QED) is 0.843. The van der Waals surface area contributed by atoms with Crippen molar-refractivity contribution in [3.8, 4) is 0 Å². The highest BCUT2D eigenvalue weighted by atomic mass is 15.3. The largest absolute Gasteiger partial charge is 0.351 e. The lowest BCUT2D eigenvalue weighted by Gasteiger charge is -2.39. The molecule has 0 saturated carbocycles. The number of likely N-dealkylation sites (N-methyl/N-ethyl adjacent to an activating group) is 1. The first-order chi connectivity index (χ1) is 8.20. The van der Waals surface area contributed by atoms with Gasteiger partial charge in [0.15, 0.2) is 0 Å². The van der Waals surface area contributed by atoms with E-state index in [0.29, 0.717) is 6.04 Å². The summed E-state index contributed by atoms with van der Waals surface area (Å²) < 4.78 is 0. The first kappa shape index (κ1) is 12.3. The molecule has 0 aromatic carbocycles. The van der Waals surface area contributed by atoms with Gasteiger partial charge in [0.1, 0.15) is 5.82 Å². The molecule has 1 aromatic rings. The van der Waals surface area contributed by atoms with Crippen LogP contribution in [0.15, 0.2) is 18.3 Å². The summed E-state index contributed by atoms with van der Waals surface area (Å²) in [6.07, 6.45) is 1.91. The fourth-order valence-corrected chi connectivity index (χ4v) is 2.41. The predicted octanol–water partition coefficient (Wildman–Crippen LogP) is 0.941. The van der Waals surface area contributed by atoms with Gasteiger partial charge in [0, 0.05) is 38.4 Å². The van der Waals surface area contributed by atoms with Crippen molar-refractivity contribution in [2.24, 2.45) is 0 Å². The number of hydrogen-bond acceptors (Lipinski definition) is 4. The summed E-state index contributed by atoms with van der Waals surface area (Å²) in [4.78, 5) is 9.28. The Kier molecular flexibility index (Phi) is 3.97. The Morgan fingerprint density at radius 2 is 2.29 bits per heavy atom. The second-order valence-corrected chi connectivity index (χ2v) is 4.86. The van der Waals surface area contributed by atoms with E-state index in [1.807, 2.05) is 13.2 Å². The zero-order valence-corrected chi connectivity index (χ0v) is 11.0. The van der Waals surface area contributed by atoms with E-state index in [1.165, 1.54) is 5.56 Å². The number of piperazine rings is 1. The highest BCUT2D eigenvalue weighted by molar-refractivity contribution is 5.42. The number of hydrogen-bond donors (Lipinski definition) is 1. The highest BCUT2D eigenvalue weighted by Crippen LogP contribution is 2.18. The van der Waals surface area contributed by atoms with Crippen molar-refractivity contribution in [3.63, 3.8) is 0 Å². The fourth-order valence-electron chi connectivity index (χ4n) is 2.41. The molecular weight excluding hydrogens is 212 g/mol. The molecule has 0 radical (unpaired) electrons. The third kappa shape index (κ3) is 2.96. The molecule has 17 heavy (non-hydrogen) atoms. The summed E-state index contributed by atoms with van der Waals surface area (Å²) >= 11 is 0. The summed E-state index contributed by atoms with van der Waals surface area (Å²) in [6.45, 7) is 6.45. The van der Waals surface area contributed by atoms with E-state index in [-0.39, 0.29) is 0 Å². The average molecular weight is 234 g/mol. The van der Waals surface area contributed by atoms with Crippen molar-refractivity contribution in [2.75, 3.05) is 38.6 Å². The maximum Gasteiger partial charge on any atom is 0.129 e. The van der Waals surface area contributed by atoms with Crippen LogP contribution in [0.4, 0.5) is 5.82 Å². The van der Waals surface area contributed by atoms with Gasteiger partial charge in [-0.15, -0.1) is 0 Å². The molecule has 4 heteroatoms. The topological polar surface area (TPSA) is 31.4 Å². The van der Waals surface area contributed by atoms with Gasteiger partial charge in [-0.05, 0) is 38.7 Å². The van der Waals surface area contributed by atoms with Crippen LogP contribution in [0.3, 0.4) is 0 Å². The van der Waals surface area contributed by atoms with Crippen LogP contribution in [0.5, 0.6) is 0 Å². The van der Waals surface area contributed by atoms with Crippen molar-refractivity contribution in [1.82, 2.24) is 15.2 Å². The van der Waals surface area contributed by atoms with Gasteiger partial charge in [-0.25, -0.2) is 4.98 Å². The molecule has 1 aliphatic heterocycles. The Labute approximate surface area is 104 Å². The van der Waals surface area contributed by atoms with E-state index in [2.05, 4.69) is 46.2 Å². The molecule has 1 atom stereocenters. The van der Waals surface area contributed by atoms with Crippen LogP contribution < -0.4 is 10.2 Å². The summed E-state index contributed by atoms with van der Waals surface area (Å²) in [5, 5.41) is 3.18. The molecule has 1 saturated heterocycles. The first-order valence-electron chi connectivity index (χ1n) is 6.25. The van der Waals surface area contributed by atoms with E-state index in [9.17, 15) is 0 Å². The van der Waals surface area contributed by atoms with Crippen molar-refractivity contribution in [2.45, 2.75) is 19.5 Å². The summed E-state index contributed by atoms with van der Waals surface area (Å²) in [5.41, 5.74) is 1.30. The molecule has 0 spiro atoms. The van der Waals surface area contributed by atoms with Crippen molar-refractivity contribution < 1.29 is 0 Å². The molecule has 94 valence electrons. The molecule has 1 N–H and O–H groups in total. The van der Waals surface area contributed by atoms with Crippen LogP contribution in [-0.2, 0) is 6.54 Å². The maximum atomic E-state index is 4.50. The van der Waals surface area contributed by atoms with E-state index in [0.717, 1.165) is 32.0 Å². The number of rotatable bonds is 3. The van der Waals surface area contributed by atoms with Gasteiger partial charge in [0.25, 0.3) is 0 Å². The third-order valence-corrected chi connectivity index (χ3v) is 3.32. The smallest absolute Gasteiger partial charge is 0.129 e. The number of nitrogens with zero attached hydrogens (tertiary/aromatic N) is 3. The van der Waals surface area contributed by atoms with E-state index in [4.69, 9.17) is 0 Å². The number of nitrogens with one attached hydrogen (secondary N) is 1. The van der Waals surface area contributed by atoms with Gasteiger partial charge in [-0.2, -0.15) is 0 Å². The van der Waals surface area contributed by atoms with Gasteiger partial charge in [-0.3, -0.25) is 0 Å². The van der Waals surface area contributed by atoms with Gasteiger partial charge in [0.2, 0.25) is 0 Å². The Balaban J connectivity index is 2.13. The van der Waals surface area contributed by atoms with Gasteiger partial charge >= 0.3 is 0 Å². The predicted molar refractivity (Wildman–Crippen MR) is 71.3 cm³/mol. The standard InChI is InChI=1S/C13H22N4/c1-11-10-16(3)6-7-17(11)13-8-12(9-14-2)4-5-15-13/h4-5,8,11,14H,6-7,9-10H2,1-3H3. The Bertz CT molecular complexity index is 366. The van der Waals surface area contributed by atoms with E-state index < -0.39 is 0 Å². The second kappa shape index (κ2) is 5.47. The Hall–Kier alpha value is -1.13. The molecular formula is C13H22N4. The molecule has 0 aliphatic carbocycles. The lowest BCUT2D eigenvalue weighted by atomic mass is 10.2. The number of aromatic nitrogens is 1. The minimum Gasteiger partial charge on any atom is -0.351 e. The van der Waals surface area contributed by atoms with Crippen molar-refractivity contribution >= 4 is 5.82 Å². The molecule has 4 nitrogen and oxygen atoms in total. The van der Waals surface area contributed by atoms with Crippen molar-refractivity contribution in [1.29, 1.82) is 0 Å². The molecule has 2 heterocycles. The maximum absolute atomic E-state index is 4.50. The molecule has 1 aliphatic rings. The summed E-state index contributed by atoms with van der Waals surface area (Å²) in [6, 6.07) is 4.80. The normalized spacial score (nSPS) is 21.8.